The number of ether oxygens (including phenoxy) is 3. The van der Waals surface area contributed by atoms with Crippen molar-refractivity contribution < 1.29 is 71.7 Å². The number of amides is 12. The van der Waals surface area contributed by atoms with E-state index in [0.29, 0.717) is 0 Å². The second-order valence-corrected chi connectivity index (χ2v) is 19.2. The Morgan fingerprint density at radius 1 is 0.375 bits per heavy atom. The quantitative estimate of drug-likeness (QED) is 0.102. The second kappa shape index (κ2) is 21.8. The van der Waals surface area contributed by atoms with Crippen LogP contribution in [0.25, 0.3) is 0 Å². The Morgan fingerprint density at radius 3 is 0.812 bits per heavy atom. The highest BCUT2D eigenvalue weighted by Gasteiger charge is 2.45. The first-order valence-electron chi connectivity index (χ1n) is 21.1. The molecule has 350 valence electrons. The average Bonchev–Trinajstić information content (AvgIpc) is 4.04. The molecule has 0 bridgehead atoms. The van der Waals surface area contributed by atoms with Crippen LogP contribution in [-0.4, -0.2) is 212 Å². The van der Waals surface area contributed by atoms with Gasteiger partial charge in [-0.25, -0.2) is 0 Å². The maximum absolute atomic E-state index is 13.3. The van der Waals surface area contributed by atoms with Gasteiger partial charge in [0.05, 0.1) is 54.8 Å². The number of likely N-dealkylation sites (tertiary alicyclic amines) is 6. The van der Waals surface area contributed by atoms with Crippen molar-refractivity contribution in [3.63, 3.8) is 0 Å². The van der Waals surface area contributed by atoms with Gasteiger partial charge in [0, 0.05) is 64.4 Å². The number of carbonyl (C=O) groups excluding carboxylic acids is 12. The predicted molar refractivity (Wildman–Crippen MR) is 226 cm³/mol. The molecule has 6 fully saturated rings. The normalized spacial score (nSPS) is 27.2. The van der Waals surface area contributed by atoms with Gasteiger partial charge in [-0.3, -0.25) is 86.9 Å². The van der Waals surface area contributed by atoms with Crippen molar-refractivity contribution in [2.45, 2.75) is 91.8 Å². The Labute approximate surface area is 381 Å². The van der Waals surface area contributed by atoms with Gasteiger partial charge in [-0.2, -0.15) is 35.3 Å². The molecule has 0 radical (unpaired) electrons. The molecule has 6 unspecified atom stereocenters. The summed E-state index contributed by atoms with van der Waals surface area (Å²) >= 11 is 3.83. The van der Waals surface area contributed by atoms with E-state index >= 15 is 0 Å². The van der Waals surface area contributed by atoms with Gasteiger partial charge in [-0.1, -0.05) is 0 Å². The Balaban J connectivity index is 1.03. The zero-order valence-electron chi connectivity index (χ0n) is 35.8. The molecule has 6 heterocycles. The summed E-state index contributed by atoms with van der Waals surface area (Å²) in [5.41, 5.74) is 0. The van der Waals surface area contributed by atoms with Crippen molar-refractivity contribution in [2.75, 3.05) is 77.9 Å². The lowest BCUT2D eigenvalue weighted by atomic mass is 10.1. The lowest BCUT2D eigenvalue weighted by Gasteiger charge is -2.23. The zero-order valence-corrected chi connectivity index (χ0v) is 38.3. The summed E-state index contributed by atoms with van der Waals surface area (Å²) in [5.74, 6) is -6.12. The summed E-state index contributed by atoms with van der Waals surface area (Å²) in [6.07, 6.45) is 1.49. The van der Waals surface area contributed by atoms with E-state index in [1.54, 1.807) is 18.8 Å². The van der Waals surface area contributed by atoms with Crippen LogP contribution < -0.4 is 0 Å². The minimum absolute atomic E-state index is 0.0422. The van der Waals surface area contributed by atoms with Gasteiger partial charge >= 0.3 is 0 Å². The maximum atomic E-state index is 13.3. The van der Waals surface area contributed by atoms with Crippen molar-refractivity contribution in [1.82, 2.24) is 29.4 Å². The van der Waals surface area contributed by atoms with Gasteiger partial charge in [-0.05, 0) is 38.0 Å². The SMILES string of the molecule is CSC1CC(=O)N(CCCN2C(=O)CC(OCC(COC3CC(=O)N(CCCN4C(=O)CC(SC)C4=O)C3=O)COC3CC(=O)N(CCCN4C(=O)CC(SC)C4=O)C3=O)C2=O)C1=O. The fourth-order valence-corrected chi connectivity index (χ4v) is 10.2. The number of hydrogen-bond donors (Lipinski definition) is 0. The highest BCUT2D eigenvalue weighted by atomic mass is 32.2. The summed E-state index contributed by atoms with van der Waals surface area (Å²) in [7, 11) is 0. The van der Waals surface area contributed by atoms with Crippen LogP contribution in [0.1, 0.15) is 57.8 Å². The molecule has 21 nitrogen and oxygen atoms in total. The summed E-state index contributed by atoms with van der Waals surface area (Å²) in [5, 5.41) is -1.38. The molecule has 64 heavy (non-hydrogen) atoms. The van der Waals surface area contributed by atoms with Gasteiger partial charge in [0.15, 0.2) is 0 Å². The van der Waals surface area contributed by atoms with Gasteiger partial charge in [0.1, 0.15) is 18.3 Å². The van der Waals surface area contributed by atoms with E-state index in [0.717, 1.165) is 29.4 Å². The Kier molecular flexibility index (Phi) is 16.8. The minimum atomic E-state index is -1.21. The van der Waals surface area contributed by atoms with E-state index in [1.807, 2.05) is 0 Å². The molecule has 6 atom stereocenters. The van der Waals surface area contributed by atoms with Crippen LogP contribution in [-0.2, 0) is 71.7 Å². The number of nitrogens with zero attached hydrogens (tertiary/aromatic N) is 6. The first-order valence-corrected chi connectivity index (χ1v) is 24.9. The zero-order chi connectivity index (χ0) is 46.4. The summed E-state index contributed by atoms with van der Waals surface area (Å²) in [6.45, 7) is -0.849. The smallest absolute Gasteiger partial charge is 0.258 e. The first kappa shape index (κ1) is 49.2. The molecule has 0 saturated carbocycles. The molecule has 6 rings (SSSR count). The molecule has 0 N–H and O–H groups in total. The number of hydrogen-bond acceptors (Lipinski definition) is 18. The molecule has 0 aromatic heterocycles. The van der Waals surface area contributed by atoms with Crippen molar-refractivity contribution in [3.8, 4) is 0 Å². The van der Waals surface area contributed by atoms with Crippen LogP contribution in [0.3, 0.4) is 0 Å². The first-order chi connectivity index (χ1) is 30.6. The van der Waals surface area contributed by atoms with E-state index in [2.05, 4.69) is 0 Å². The third kappa shape index (κ3) is 10.9. The Morgan fingerprint density at radius 2 is 0.594 bits per heavy atom. The van der Waals surface area contributed by atoms with Crippen LogP contribution in [0.4, 0.5) is 0 Å². The fourth-order valence-electron chi connectivity index (χ4n) is 8.33. The third-order valence-corrected chi connectivity index (χ3v) is 14.8. The average molecular weight is 953 g/mol. The monoisotopic (exact) mass is 952 g/mol. The second-order valence-electron chi connectivity index (χ2n) is 16.1. The summed E-state index contributed by atoms with van der Waals surface area (Å²) < 4.78 is 17.8. The lowest BCUT2D eigenvalue weighted by Crippen LogP contribution is -2.39. The van der Waals surface area contributed by atoms with E-state index in [4.69, 9.17) is 14.2 Å². The van der Waals surface area contributed by atoms with Crippen molar-refractivity contribution in [1.29, 1.82) is 0 Å². The number of thioether (sulfide) groups is 3. The molecule has 12 amide bonds. The summed E-state index contributed by atoms with van der Waals surface area (Å²) in [4.78, 5) is 160. The fraction of sp³-hybridized carbons (Fsp3) is 0.700. The molecule has 24 heteroatoms. The van der Waals surface area contributed by atoms with E-state index in [-0.39, 0.29) is 152 Å². The van der Waals surface area contributed by atoms with Crippen LogP contribution >= 0.6 is 35.3 Å². The number of imide groups is 6. The Hall–Kier alpha value is -4.23. The topological polar surface area (TPSA) is 252 Å². The molecule has 0 spiro atoms. The standard InChI is InChI=1S/C40H52N6O15S3/c1-62-26-16-32(50)44(38(26)56)10-4-7-41-29(47)13-23(35(41)53)59-19-22(20-60-24-14-30(48)42(36(24)54)8-5-11-45-33(51)17-27(63-2)39(45)57)21-61-25-15-31(49)43(37(25)55)9-6-12-46-34(52)18-28(64-3)40(46)58/h22-28H,4-21H2,1-3H3. The van der Waals surface area contributed by atoms with Crippen LogP contribution in [0.15, 0.2) is 0 Å². The Bertz CT molecular complexity index is 1740. The van der Waals surface area contributed by atoms with E-state index in [1.165, 1.54) is 35.3 Å². The van der Waals surface area contributed by atoms with Crippen LogP contribution in [0.2, 0.25) is 0 Å². The summed E-state index contributed by atoms with van der Waals surface area (Å²) in [6, 6.07) is 0. The highest BCUT2D eigenvalue weighted by molar-refractivity contribution is 8.00. The molecule has 6 aliphatic heterocycles. The van der Waals surface area contributed by atoms with Crippen LogP contribution in [0, 0.1) is 5.92 Å². The lowest BCUT2D eigenvalue weighted by molar-refractivity contribution is -0.145. The molecule has 6 aliphatic rings. The molecule has 0 aliphatic carbocycles. The van der Waals surface area contributed by atoms with E-state index < -0.39 is 75.4 Å². The van der Waals surface area contributed by atoms with Gasteiger partial charge in [0.2, 0.25) is 53.2 Å². The van der Waals surface area contributed by atoms with Crippen LogP contribution in [0.5, 0.6) is 0 Å². The molecule has 6 saturated heterocycles. The van der Waals surface area contributed by atoms with E-state index in [9.17, 15) is 57.5 Å². The molecular weight excluding hydrogens is 901 g/mol. The number of carbonyl (C=O) groups is 12. The van der Waals surface area contributed by atoms with Gasteiger partial charge in [-0.15, -0.1) is 0 Å². The molecule has 0 aromatic carbocycles. The predicted octanol–water partition coefficient (Wildman–Crippen LogP) is -1.32. The third-order valence-electron chi connectivity index (χ3n) is 12.0. The van der Waals surface area contributed by atoms with Crippen molar-refractivity contribution in [3.05, 3.63) is 0 Å². The largest absolute Gasteiger partial charge is 0.367 e. The van der Waals surface area contributed by atoms with Crippen molar-refractivity contribution >= 4 is 106 Å². The maximum Gasteiger partial charge on any atom is 0.258 e. The number of rotatable bonds is 24. The molecular formula is C40H52N6O15S3. The van der Waals surface area contributed by atoms with Gasteiger partial charge in [0.25, 0.3) is 17.7 Å². The minimum Gasteiger partial charge on any atom is -0.367 e. The molecule has 0 aromatic rings. The van der Waals surface area contributed by atoms with Gasteiger partial charge < -0.3 is 14.2 Å². The highest BCUT2D eigenvalue weighted by Crippen LogP contribution is 2.27. The van der Waals surface area contributed by atoms with Crippen molar-refractivity contribution in [2.24, 2.45) is 5.92 Å².